The molecule has 2 aliphatic rings. The highest BCUT2D eigenvalue weighted by Gasteiger charge is 2.21. The second-order valence-corrected chi connectivity index (χ2v) is 8.44. The maximum Gasteiger partial charge on any atom is 0.259 e. The average Bonchev–Trinajstić information content (AvgIpc) is 3.05. The van der Waals surface area contributed by atoms with Gasteiger partial charge in [0.1, 0.15) is 10.7 Å². The topological polar surface area (TPSA) is 86.9 Å². The molecule has 0 atom stereocenters. The monoisotopic (exact) mass is 400 g/mol. The highest BCUT2D eigenvalue weighted by atomic mass is 35.5. The second kappa shape index (κ2) is 8.07. The zero-order valence-electron chi connectivity index (χ0n) is 13.7. The Kier molecular flexibility index (Phi) is 6.04. The van der Waals surface area contributed by atoms with Gasteiger partial charge in [0, 0.05) is 30.4 Å². The number of nitrogens with one attached hydrogen (secondary N) is 3. The zero-order valence-corrected chi connectivity index (χ0v) is 16.2. The van der Waals surface area contributed by atoms with E-state index in [4.69, 9.17) is 0 Å². The molecule has 2 aromatic rings. The zero-order chi connectivity index (χ0) is 16.5. The molecule has 0 radical (unpaired) electrons. The number of thiophene rings is 1. The normalized spacial score (nSPS) is 16.3. The fourth-order valence-corrected chi connectivity index (χ4v) is 5.16. The molecule has 0 aromatic carbocycles. The Labute approximate surface area is 160 Å². The van der Waals surface area contributed by atoms with Crippen LogP contribution in [0.3, 0.4) is 0 Å². The number of carbonyl (C=O) groups is 1. The van der Waals surface area contributed by atoms with E-state index in [-0.39, 0.29) is 23.9 Å². The number of hydrogen-bond acceptors (Lipinski definition) is 6. The van der Waals surface area contributed by atoms with Gasteiger partial charge in [-0.1, -0.05) is 0 Å². The van der Waals surface area contributed by atoms with E-state index in [2.05, 4.69) is 20.6 Å². The molecule has 9 heteroatoms. The summed E-state index contributed by atoms with van der Waals surface area (Å²) in [6, 6.07) is 0. The van der Waals surface area contributed by atoms with Crippen LogP contribution in [0.4, 0.5) is 0 Å². The fourth-order valence-electron chi connectivity index (χ4n) is 3.16. The standard InChI is InChI=1S/C16H20N4O2S2.ClH/c21-13(18-6-9-4-17-5-9)8-23-7-12-19-15(22)14-10-2-1-3-11(10)24-16(14)20-12;/h9,17H,1-8H2,(H,18,21)(H,19,20,22);1H. The summed E-state index contributed by atoms with van der Waals surface area (Å²) in [6.07, 6.45) is 3.20. The van der Waals surface area contributed by atoms with Crippen molar-refractivity contribution in [3.8, 4) is 0 Å². The lowest BCUT2D eigenvalue weighted by molar-refractivity contribution is -0.118. The number of rotatable bonds is 6. The number of thioether (sulfide) groups is 1. The Hall–Kier alpha value is -1.09. The van der Waals surface area contributed by atoms with Gasteiger partial charge >= 0.3 is 0 Å². The van der Waals surface area contributed by atoms with Crippen LogP contribution in [0.5, 0.6) is 0 Å². The minimum absolute atomic E-state index is 0. The maximum absolute atomic E-state index is 12.4. The van der Waals surface area contributed by atoms with Crippen molar-refractivity contribution in [1.29, 1.82) is 0 Å². The van der Waals surface area contributed by atoms with Crippen LogP contribution in [0.25, 0.3) is 10.2 Å². The lowest BCUT2D eigenvalue weighted by Gasteiger charge is -2.27. The Morgan fingerprint density at radius 2 is 2.20 bits per heavy atom. The minimum atomic E-state index is -0.0306. The summed E-state index contributed by atoms with van der Waals surface area (Å²) in [4.78, 5) is 33.8. The molecule has 25 heavy (non-hydrogen) atoms. The molecule has 1 saturated heterocycles. The summed E-state index contributed by atoms with van der Waals surface area (Å²) >= 11 is 3.13. The first-order valence-corrected chi connectivity index (χ1v) is 10.3. The number of fused-ring (bicyclic) bond motifs is 3. The summed E-state index contributed by atoms with van der Waals surface area (Å²) in [5.74, 6) is 2.22. The van der Waals surface area contributed by atoms with E-state index >= 15 is 0 Å². The van der Waals surface area contributed by atoms with Gasteiger partial charge in [-0.05, 0) is 24.8 Å². The molecule has 6 nitrogen and oxygen atoms in total. The predicted octanol–water partition coefficient (Wildman–Crippen LogP) is 1.46. The van der Waals surface area contributed by atoms with Crippen molar-refractivity contribution < 1.29 is 4.79 Å². The number of aromatic nitrogens is 2. The molecule has 1 aliphatic carbocycles. The molecule has 3 N–H and O–H groups in total. The van der Waals surface area contributed by atoms with E-state index < -0.39 is 0 Å². The van der Waals surface area contributed by atoms with Crippen molar-refractivity contribution in [1.82, 2.24) is 20.6 Å². The van der Waals surface area contributed by atoms with Crippen molar-refractivity contribution in [2.45, 2.75) is 25.0 Å². The van der Waals surface area contributed by atoms with Crippen molar-refractivity contribution in [2.75, 3.05) is 25.4 Å². The predicted molar refractivity (Wildman–Crippen MR) is 105 cm³/mol. The number of carbonyl (C=O) groups excluding carboxylic acids is 1. The molecule has 0 bridgehead atoms. The first-order valence-electron chi connectivity index (χ1n) is 8.29. The van der Waals surface area contributed by atoms with Crippen molar-refractivity contribution in [3.63, 3.8) is 0 Å². The SMILES string of the molecule is Cl.O=C(CSCc1nc2sc3c(c2c(=O)[nH]1)CCC3)NCC1CNC1. The van der Waals surface area contributed by atoms with Crippen LogP contribution in [0.1, 0.15) is 22.7 Å². The Bertz CT molecular complexity index is 831. The van der Waals surface area contributed by atoms with E-state index in [1.54, 1.807) is 11.3 Å². The van der Waals surface area contributed by atoms with Crippen LogP contribution in [0.15, 0.2) is 4.79 Å². The quantitative estimate of drug-likeness (QED) is 0.683. The Morgan fingerprint density at radius 1 is 1.36 bits per heavy atom. The van der Waals surface area contributed by atoms with E-state index in [9.17, 15) is 9.59 Å². The van der Waals surface area contributed by atoms with Crippen LogP contribution >= 0.6 is 35.5 Å². The first-order chi connectivity index (χ1) is 11.7. The smallest absolute Gasteiger partial charge is 0.259 e. The van der Waals surface area contributed by atoms with E-state index in [1.807, 2.05) is 0 Å². The van der Waals surface area contributed by atoms with Gasteiger partial charge in [0.25, 0.3) is 5.56 Å². The van der Waals surface area contributed by atoms with Gasteiger partial charge in [0.05, 0.1) is 16.9 Å². The van der Waals surface area contributed by atoms with Crippen LogP contribution in [-0.4, -0.2) is 41.3 Å². The molecule has 1 fully saturated rings. The van der Waals surface area contributed by atoms with Gasteiger partial charge in [-0.15, -0.1) is 35.5 Å². The van der Waals surface area contributed by atoms with Crippen molar-refractivity contribution >= 4 is 51.6 Å². The summed E-state index contributed by atoms with van der Waals surface area (Å²) in [5.41, 5.74) is 1.17. The lowest BCUT2D eigenvalue weighted by atomic mass is 10.0. The van der Waals surface area contributed by atoms with Crippen LogP contribution in [0, 0.1) is 5.92 Å². The van der Waals surface area contributed by atoms with Crippen molar-refractivity contribution in [3.05, 3.63) is 26.6 Å². The number of aryl methyl sites for hydroxylation is 2. The highest BCUT2D eigenvalue weighted by molar-refractivity contribution is 7.99. The number of halogens is 1. The third-order valence-electron chi connectivity index (χ3n) is 4.55. The molecule has 2 aromatic heterocycles. The van der Waals surface area contributed by atoms with Gasteiger partial charge in [-0.25, -0.2) is 4.98 Å². The third kappa shape index (κ3) is 4.02. The number of amides is 1. The molecule has 0 spiro atoms. The molecular weight excluding hydrogens is 380 g/mol. The highest BCUT2D eigenvalue weighted by Crippen LogP contribution is 2.34. The molecule has 3 heterocycles. The molecular formula is C16H21ClN4O2S2. The molecule has 1 aliphatic heterocycles. The van der Waals surface area contributed by atoms with E-state index in [0.717, 1.165) is 49.1 Å². The maximum atomic E-state index is 12.4. The summed E-state index contributed by atoms with van der Waals surface area (Å²) in [6.45, 7) is 2.72. The van der Waals surface area contributed by atoms with Gasteiger partial charge < -0.3 is 15.6 Å². The van der Waals surface area contributed by atoms with Crippen LogP contribution in [-0.2, 0) is 23.4 Å². The fraction of sp³-hybridized carbons (Fsp3) is 0.562. The summed E-state index contributed by atoms with van der Waals surface area (Å²) in [7, 11) is 0. The number of aromatic amines is 1. The van der Waals surface area contributed by atoms with Gasteiger partial charge in [-0.3, -0.25) is 9.59 Å². The molecule has 0 unspecified atom stereocenters. The number of H-pyrrole nitrogens is 1. The minimum Gasteiger partial charge on any atom is -0.355 e. The van der Waals surface area contributed by atoms with E-state index in [1.165, 1.54) is 22.2 Å². The van der Waals surface area contributed by atoms with E-state index in [0.29, 0.717) is 23.2 Å². The van der Waals surface area contributed by atoms with Crippen LogP contribution < -0.4 is 16.2 Å². The van der Waals surface area contributed by atoms with Gasteiger partial charge in [0.2, 0.25) is 5.91 Å². The number of nitrogens with zero attached hydrogens (tertiary/aromatic N) is 1. The summed E-state index contributed by atoms with van der Waals surface area (Å²) < 4.78 is 0. The largest absolute Gasteiger partial charge is 0.355 e. The van der Waals surface area contributed by atoms with Gasteiger partial charge in [0.15, 0.2) is 0 Å². The first kappa shape index (κ1) is 18.7. The van der Waals surface area contributed by atoms with Crippen molar-refractivity contribution in [2.24, 2.45) is 5.92 Å². The van der Waals surface area contributed by atoms with Gasteiger partial charge in [-0.2, -0.15) is 0 Å². The Morgan fingerprint density at radius 3 is 2.96 bits per heavy atom. The average molecular weight is 401 g/mol. The molecule has 0 saturated carbocycles. The second-order valence-electron chi connectivity index (χ2n) is 6.37. The number of hydrogen-bond donors (Lipinski definition) is 3. The molecule has 4 rings (SSSR count). The molecule has 136 valence electrons. The van der Waals surface area contributed by atoms with Crippen LogP contribution in [0.2, 0.25) is 0 Å². The Balaban J connectivity index is 0.00000182. The summed E-state index contributed by atoms with van der Waals surface area (Å²) in [5, 5.41) is 6.92. The lowest BCUT2D eigenvalue weighted by Crippen LogP contribution is -2.48. The third-order valence-corrected chi connectivity index (χ3v) is 6.68. The molecule has 1 amide bonds.